The molecule has 2 aromatic carbocycles. The molecule has 6 aliphatic rings. The van der Waals surface area contributed by atoms with Crippen molar-refractivity contribution in [3.8, 4) is 0 Å². The third kappa shape index (κ3) is 17.0. The van der Waals surface area contributed by atoms with Crippen molar-refractivity contribution in [2.75, 3.05) is 66.8 Å². The number of halogens is 1. The highest BCUT2D eigenvalue weighted by Crippen LogP contribution is 2.38. The lowest BCUT2D eigenvalue weighted by atomic mass is 9.92. The number of aromatic nitrogens is 2. The summed E-state index contributed by atoms with van der Waals surface area (Å²) in [7, 11) is 2.88. The summed E-state index contributed by atoms with van der Waals surface area (Å²) in [6.07, 6.45) is 25.9. The minimum Gasteiger partial charge on any atom is -0.468 e. The van der Waals surface area contributed by atoms with Crippen molar-refractivity contribution in [1.82, 2.24) is 20.2 Å². The van der Waals surface area contributed by atoms with Crippen molar-refractivity contribution in [1.29, 1.82) is 0 Å². The molecule has 0 amide bonds. The number of aryl methyl sites for hydroxylation is 6. The molecule has 0 saturated carbocycles. The molecule has 0 radical (unpaired) electrons. The highest BCUT2D eigenvalue weighted by Gasteiger charge is 2.37. The number of hydrogen-bond acceptors (Lipinski definition) is 12. The topological polar surface area (TPSA) is 131 Å². The lowest BCUT2D eigenvalue weighted by Gasteiger charge is -2.31. The predicted molar refractivity (Wildman–Crippen MR) is 297 cm³/mol. The smallest absolute Gasteiger partial charge is 0.327 e. The van der Waals surface area contributed by atoms with Crippen molar-refractivity contribution >= 4 is 27.9 Å². The minimum absolute atomic E-state index is 0.0522. The molecule has 2 aliphatic carbocycles. The number of hydrogen-bond donors (Lipinski definition) is 1. The van der Waals surface area contributed by atoms with Crippen LogP contribution < -0.4 is 5.32 Å². The number of ether oxygens (including phenoxy) is 6. The van der Waals surface area contributed by atoms with Crippen LogP contribution in [0.15, 0.2) is 72.8 Å². The summed E-state index contributed by atoms with van der Waals surface area (Å²) in [5.41, 5.74) is 12.3. The van der Waals surface area contributed by atoms with E-state index in [4.69, 9.17) is 38.4 Å². The third-order valence-corrected chi connectivity index (χ3v) is 16.7. The summed E-state index contributed by atoms with van der Waals surface area (Å²) in [6.45, 7) is 6.94. The molecule has 10 rings (SSSR count). The van der Waals surface area contributed by atoms with Gasteiger partial charge in [0.05, 0.1) is 38.6 Å². The molecule has 12 nitrogen and oxygen atoms in total. The molecule has 6 heterocycles. The summed E-state index contributed by atoms with van der Waals surface area (Å²) in [6, 6.07) is 24.7. The second-order valence-electron chi connectivity index (χ2n) is 21.2. The quantitative estimate of drug-likeness (QED) is 0.0545. The molecule has 75 heavy (non-hydrogen) atoms. The van der Waals surface area contributed by atoms with Gasteiger partial charge in [-0.15, -0.1) is 0 Å². The van der Waals surface area contributed by atoms with Crippen LogP contribution in [0, 0.1) is 0 Å². The Bertz CT molecular complexity index is 2370. The number of rotatable bonds is 19. The molecule has 0 spiro atoms. The van der Waals surface area contributed by atoms with E-state index in [1.807, 2.05) is 36.4 Å². The van der Waals surface area contributed by atoms with Gasteiger partial charge in [0.15, 0.2) is 0 Å². The van der Waals surface area contributed by atoms with E-state index in [0.29, 0.717) is 6.10 Å². The van der Waals surface area contributed by atoms with Crippen molar-refractivity contribution in [3.05, 3.63) is 129 Å². The van der Waals surface area contributed by atoms with Gasteiger partial charge in [-0.1, -0.05) is 76.6 Å². The Morgan fingerprint density at radius 1 is 0.627 bits per heavy atom. The van der Waals surface area contributed by atoms with Gasteiger partial charge in [-0.2, -0.15) is 0 Å². The Morgan fingerprint density at radius 3 is 1.72 bits per heavy atom. The first-order chi connectivity index (χ1) is 36.9. The lowest BCUT2D eigenvalue weighted by Crippen LogP contribution is -2.35. The van der Waals surface area contributed by atoms with Gasteiger partial charge in [-0.25, -0.2) is 4.79 Å². The van der Waals surface area contributed by atoms with E-state index in [0.717, 1.165) is 152 Å². The number of benzene rings is 2. The van der Waals surface area contributed by atoms with Gasteiger partial charge >= 0.3 is 11.9 Å². The van der Waals surface area contributed by atoms with E-state index in [1.54, 1.807) is 0 Å². The van der Waals surface area contributed by atoms with Gasteiger partial charge in [0.25, 0.3) is 0 Å². The van der Waals surface area contributed by atoms with Crippen LogP contribution in [0.1, 0.15) is 182 Å². The van der Waals surface area contributed by atoms with Gasteiger partial charge in [0.1, 0.15) is 10.9 Å². The van der Waals surface area contributed by atoms with Crippen LogP contribution in [-0.4, -0.2) is 106 Å². The molecule has 408 valence electrons. The van der Waals surface area contributed by atoms with Crippen molar-refractivity contribution in [3.63, 3.8) is 0 Å². The number of nitrogens with zero attached hydrogens (tertiary/aromatic N) is 3. The van der Waals surface area contributed by atoms with Crippen LogP contribution in [0.2, 0.25) is 0 Å². The number of pyridine rings is 2. The summed E-state index contributed by atoms with van der Waals surface area (Å²) >= 11 is 3.40. The monoisotopic (exact) mass is 1090 g/mol. The maximum Gasteiger partial charge on any atom is 0.327 e. The van der Waals surface area contributed by atoms with Gasteiger partial charge < -0.3 is 33.7 Å². The average Bonchev–Trinajstić information content (AvgIpc) is 4.18. The summed E-state index contributed by atoms with van der Waals surface area (Å²) in [4.78, 5) is 36.2. The molecule has 13 heteroatoms. The predicted octanol–water partition coefficient (Wildman–Crippen LogP) is 11.7. The molecule has 0 bridgehead atoms. The number of alkyl halides is 1. The fraction of sp³-hybridized carbons (Fsp3) is 0.613. The average molecular weight is 1090 g/mol. The molecular weight excluding hydrogens is 1010 g/mol. The first kappa shape index (κ1) is 57.1. The van der Waals surface area contributed by atoms with Crippen LogP contribution in [0.4, 0.5) is 0 Å². The zero-order valence-corrected chi connectivity index (χ0v) is 46.7. The second-order valence-corrected chi connectivity index (χ2v) is 22.1. The molecular formula is C62H85BrN4O8. The Balaban J connectivity index is 0.000000165. The Morgan fingerprint density at radius 2 is 1.17 bits per heavy atom. The number of carbonyl (C=O) groups is 2. The molecule has 1 N–H and O–H groups in total. The maximum absolute atomic E-state index is 13.0. The van der Waals surface area contributed by atoms with Crippen LogP contribution in [0.25, 0.3) is 0 Å². The number of unbranched alkanes of at least 4 members (excludes halogenated alkanes) is 2. The molecule has 4 aliphatic heterocycles. The highest BCUT2D eigenvalue weighted by atomic mass is 79.9. The van der Waals surface area contributed by atoms with E-state index < -0.39 is 10.9 Å². The molecule has 4 unspecified atom stereocenters. The molecule has 6 atom stereocenters. The second kappa shape index (κ2) is 30.8. The highest BCUT2D eigenvalue weighted by molar-refractivity contribution is 9.09. The van der Waals surface area contributed by atoms with E-state index in [9.17, 15) is 9.59 Å². The SMILES string of the molecule is COC(=O)C(Br)c1ccccc1C1CCCCO1.COC(=O)C(c1ccccc1C1CCCCO1)N1CC[C@@H](OCCCCc2ccc3c(n2)CCCC3)C1.c1cc2c(nc1CCCCO[C@@H]1CCNC1)CCCC2. The van der Waals surface area contributed by atoms with Crippen LogP contribution in [0.5, 0.6) is 0 Å². The summed E-state index contributed by atoms with van der Waals surface area (Å²) in [5.74, 6) is -0.486. The van der Waals surface area contributed by atoms with Gasteiger partial charge in [0, 0.05) is 68.8 Å². The third-order valence-electron chi connectivity index (χ3n) is 15.8. The maximum atomic E-state index is 13.0. The number of esters is 2. The summed E-state index contributed by atoms with van der Waals surface area (Å²) < 4.78 is 34.1. The minimum atomic E-state index is -0.427. The normalized spacial score (nSPS) is 22.3. The van der Waals surface area contributed by atoms with Crippen molar-refractivity contribution in [2.24, 2.45) is 0 Å². The number of likely N-dealkylation sites (tertiary alicyclic amines) is 1. The molecule has 2 aromatic heterocycles. The zero-order valence-electron chi connectivity index (χ0n) is 45.1. The number of carbonyl (C=O) groups excluding carboxylic acids is 2. The van der Waals surface area contributed by atoms with Gasteiger partial charge in [-0.05, 0) is 193 Å². The Hall–Kier alpha value is -4.08. The summed E-state index contributed by atoms with van der Waals surface area (Å²) in [5, 5.41) is 3.33. The fourth-order valence-corrected chi connectivity index (χ4v) is 12.2. The lowest BCUT2D eigenvalue weighted by molar-refractivity contribution is -0.147. The van der Waals surface area contributed by atoms with Crippen LogP contribution >= 0.6 is 15.9 Å². The Labute approximate surface area is 456 Å². The first-order valence-corrected chi connectivity index (χ1v) is 29.6. The first-order valence-electron chi connectivity index (χ1n) is 28.7. The number of fused-ring (bicyclic) bond motifs is 2. The van der Waals surface area contributed by atoms with Crippen molar-refractivity contribution < 1.29 is 38.0 Å². The largest absolute Gasteiger partial charge is 0.468 e. The van der Waals surface area contributed by atoms with E-state index in [-0.39, 0.29) is 30.3 Å². The molecule has 4 fully saturated rings. The van der Waals surface area contributed by atoms with Gasteiger partial charge in [0.2, 0.25) is 0 Å². The number of nitrogens with one attached hydrogen (secondary N) is 1. The fourth-order valence-electron chi connectivity index (χ4n) is 11.6. The number of methoxy groups -OCH3 is 2. The Kier molecular flexibility index (Phi) is 23.4. The standard InChI is InChI=1S/C31H42N2O4.C17H26N2O.C14H17BrO3/c1-35-31(34)30(27-13-4-3-12-26(27)29-15-7-9-21-37-29)33-19-18-25(22-33)36-20-8-6-11-24-17-16-23-10-2-5-14-28(23)32-24;1-2-7-17-14(5-1)8-9-15(19-17)6-3-4-12-20-16-10-11-18-13-16;1-17-14(16)13(15)11-7-3-2-6-10(11)12-8-4-5-9-18-12/h3-4,12-13,16-17,25,29-30H,2,5-11,14-15,18-22H2,1H3;8-9,16,18H,1-7,10-13H2;2-3,6-7,12-13H,4-5,8-9H2,1H3/t25-,29?,30?;16-;/m11./s1. The zero-order chi connectivity index (χ0) is 52.0. The van der Waals surface area contributed by atoms with Crippen LogP contribution in [-0.2, 0) is 76.5 Å². The van der Waals surface area contributed by atoms with Crippen LogP contribution in [0.3, 0.4) is 0 Å². The van der Waals surface area contributed by atoms with Crippen molar-refractivity contribution in [2.45, 2.75) is 177 Å². The van der Waals surface area contributed by atoms with E-state index in [1.165, 1.54) is 112 Å². The van der Waals surface area contributed by atoms with E-state index in [2.05, 4.69) is 62.5 Å². The van der Waals surface area contributed by atoms with Gasteiger partial charge in [-0.3, -0.25) is 19.7 Å². The molecule has 4 aromatic rings. The van der Waals surface area contributed by atoms with E-state index >= 15 is 0 Å². The molecule has 4 saturated heterocycles.